The molecule has 2 aliphatic rings. The molecule has 7 heteroatoms. The Morgan fingerprint density at radius 3 is 2.85 bits per heavy atom. The maximum atomic E-state index is 12.7. The first-order valence-electron chi connectivity index (χ1n) is 9.24. The zero-order valence-electron chi connectivity index (χ0n) is 14.7. The summed E-state index contributed by atoms with van der Waals surface area (Å²) in [6, 6.07) is 5.62. The highest BCUT2D eigenvalue weighted by molar-refractivity contribution is 5.99. The number of ether oxygens (including phenoxy) is 1. The van der Waals surface area contributed by atoms with Gasteiger partial charge in [-0.25, -0.2) is 9.97 Å². The van der Waals surface area contributed by atoms with Gasteiger partial charge in [-0.3, -0.25) is 9.78 Å². The van der Waals surface area contributed by atoms with Gasteiger partial charge in [0.2, 0.25) is 5.95 Å². The van der Waals surface area contributed by atoms with Crippen LogP contribution in [-0.4, -0.2) is 53.2 Å². The summed E-state index contributed by atoms with van der Waals surface area (Å²) in [6.07, 6.45) is 7.75. The van der Waals surface area contributed by atoms with Crippen molar-refractivity contribution in [2.24, 2.45) is 0 Å². The number of anilines is 1. The van der Waals surface area contributed by atoms with Gasteiger partial charge in [0.1, 0.15) is 5.69 Å². The van der Waals surface area contributed by atoms with Crippen molar-refractivity contribution in [3.8, 4) is 11.4 Å². The molecule has 2 aromatic heterocycles. The number of amides is 1. The van der Waals surface area contributed by atoms with Crippen LogP contribution in [0.3, 0.4) is 0 Å². The van der Waals surface area contributed by atoms with Gasteiger partial charge < -0.3 is 15.0 Å². The number of aromatic nitrogens is 3. The Hall–Kier alpha value is -2.54. The number of hydrogen-bond donors (Lipinski definition) is 1. The third-order valence-electron chi connectivity index (χ3n) is 4.83. The summed E-state index contributed by atoms with van der Waals surface area (Å²) >= 11 is 0. The largest absolute Gasteiger partial charge is 0.376 e. The lowest BCUT2D eigenvalue weighted by Gasteiger charge is -2.17. The molecule has 2 saturated heterocycles. The topological polar surface area (TPSA) is 80.2 Å². The molecule has 0 radical (unpaired) electrons. The van der Waals surface area contributed by atoms with E-state index in [9.17, 15) is 4.79 Å². The molecule has 26 heavy (non-hydrogen) atoms. The van der Waals surface area contributed by atoms with Gasteiger partial charge in [0, 0.05) is 38.6 Å². The van der Waals surface area contributed by atoms with E-state index in [0.29, 0.717) is 29.4 Å². The summed E-state index contributed by atoms with van der Waals surface area (Å²) in [5.74, 6) is 0.480. The second-order valence-electron chi connectivity index (χ2n) is 6.69. The normalized spacial score (nSPS) is 19.7. The van der Waals surface area contributed by atoms with Crippen molar-refractivity contribution >= 4 is 11.9 Å². The first-order chi connectivity index (χ1) is 12.8. The fraction of sp³-hybridized carbons (Fsp3) is 0.474. The molecule has 0 aromatic carbocycles. The van der Waals surface area contributed by atoms with Gasteiger partial charge in [-0.2, -0.15) is 0 Å². The zero-order valence-corrected chi connectivity index (χ0v) is 14.7. The van der Waals surface area contributed by atoms with Crippen molar-refractivity contribution in [1.82, 2.24) is 20.3 Å². The molecule has 1 N–H and O–H groups in total. The standard InChI is InChI=1S/C19H23N5O2/c25-18(21-12-14-6-5-11-26-14)15-13-22-19(24-9-3-4-10-24)23-17(15)16-7-1-2-8-20-16/h1-2,7-8,13-14H,3-6,9-12H2,(H,21,25). The van der Waals surface area contributed by atoms with Crippen molar-refractivity contribution in [3.63, 3.8) is 0 Å². The molecule has 2 fully saturated rings. The van der Waals surface area contributed by atoms with E-state index < -0.39 is 0 Å². The average molecular weight is 353 g/mol. The predicted octanol–water partition coefficient (Wildman–Crippen LogP) is 2.05. The third kappa shape index (κ3) is 3.67. The van der Waals surface area contributed by atoms with E-state index in [1.807, 2.05) is 18.2 Å². The lowest BCUT2D eigenvalue weighted by atomic mass is 10.1. The van der Waals surface area contributed by atoms with E-state index in [1.54, 1.807) is 12.4 Å². The minimum Gasteiger partial charge on any atom is -0.376 e. The van der Waals surface area contributed by atoms with Gasteiger partial charge in [0.25, 0.3) is 5.91 Å². The van der Waals surface area contributed by atoms with Crippen molar-refractivity contribution < 1.29 is 9.53 Å². The quantitative estimate of drug-likeness (QED) is 0.886. The summed E-state index contributed by atoms with van der Waals surface area (Å²) in [5.41, 5.74) is 1.70. The van der Waals surface area contributed by atoms with Crippen molar-refractivity contribution in [1.29, 1.82) is 0 Å². The molecule has 2 aromatic rings. The summed E-state index contributed by atoms with van der Waals surface area (Å²) in [5, 5.41) is 2.95. The highest BCUT2D eigenvalue weighted by Gasteiger charge is 2.22. The van der Waals surface area contributed by atoms with Crippen LogP contribution >= 0.6 is 0 Å². The molecular formula is C19H23N5O2. The Morgan fingerprint density at radius 1 is 1.23 bits per heavy atom. The number of pyridine rings is 1. The average Bonchev–Trinajstić information content (AvgIpc) is 3.40. The maximum Gasteiger partial charge on any atom is 0.255 e. The van der Waals surface area contributed by atoms with Crippen LogP contribution in [0, 0.1) is 0 Å². The molecule has 2 aliphatic heterocycles. The lowest BCUT2D eigenvalue weighted by Crippen LogP contribution is -2.32. The van der Waals surface area contributed by atoms with Gasteiger partial charge in [0.05, 0.1) is 17.4 Å². The highest BCUT2D eigenvalue weighted by Crippen LogP contribution is 2.23. The van der Waals surface area contributed by atoms with Crippen LogP contribution in [0.4, 0.5) is 5.95 Å². The molecule has 1 amide bonds. The van der Waals surface area contributed by atoms with Crippen molar-refractivity contribution in [2.45, 2.75) is 31.8 Å². The zero-order chi connectivity index (χ0) is 17.8. The monoisotopic (exact) mass is 353 g/mol. The first-order valence-corrected chi connectivity index (χ1v) is 9.24. The van der Waals surface area contributed by atoms with Gasteiger partial charge in [-0.15, -0.1) is 0 Å². The minimum atomic E-state index is -0.186. The first kappa shape index (κ1) is 16.9. The van der Waals surface area contributed by atoms with Gasteiger partial charge in [0.15, 0.2) is 0 Å². The van der Waals surface area contributed by atoms with E-state index in [-0.39, 0.29) is 12.0 Å². The number of nitrogens with one attached hydrogen (secondary N) is 1. The molecule has 0 saturated carbocycles. The second-order valence-corrected chi connectivity index (χ2v) is 6.69. The van der Waals surface area contributed by atoms with Crippen LogP contribution in [0.5, 0.6) is 0 Å². The molecule has 1 atom stereocenters. The van der Waals surface area contributed by atoms with Crippen LogP contribution in [0.15, 0.2) is 30.6 Å². The van der Waals surface area contributed by atoms with Gasteiger partial charge in [-0.1, -0.05) is 6.07 Å². The van der Waals surface area contributed by atoms with Crippen LogP contribution < -0.4 is 10.2 Å². The van der Waals surface area contributed by atoms with E-state index in [4.69, 9.17) is 4.74 Å². The molecule has 4 heterocycles. The Morgan fingerprint density at radius 2 is 2.12 bits per heavy atom. The smallest absolute Gasteiger partial charge is 0.255 e. The number of carbonyl (C=O) groups is 1. The maximum absolute atomic E-state index is 12.7. The highest BCUT2D eigenvalue weighted by atomic mass is 16.5. The summed E-state index contributed by atoms with van der Waals surface area (Å²) in [7, 11) is 0. The Bertz CT molecular complexity index is 756. The Kier molecular flexibility index (Phi) is 5.06. The SMILES string of the molecule is O=C(NCC1CCCO1)c1cnc(N2CCCC2)nc1-c1ccccn1. The van der Waals surface area contributed by atoms with Crippen LogP contribution in [0.25, 0.3) is 11.4 Å². The van der Waals surface area contributed by atoms with E-state index in [1.165, 1.54) is 0 Å². The molecule has 7 nitrogen and oxygen atoms in total. The minimum absolute atomic E-state index is 0.0991. The van der Waals surface area contributed by atoms with E-state index in [0.717, 1.165) is 45.4 Å². The molecule has 0 bridgehead atoms. The summed E-state index contributed by atoms with van der Waals surface area (Å²) in [6.45, 7) is 3.18. The third-order valence-corrected chi connectivity index (χ3v) is 4.83. The molecular weight excluding hydrogens is 330 g/mol. The summed E-state index contributed by atoms with van der Waals surface area (Å²) < 4.78 is 5.58. The number of nitrogens with zero attached hydrogens (tertiary/aromatic N) is 4. The molecule has 1 unspecified atom stereocenters. The predicted molar refractivity (Wildman–Crippen MR) is 98.0 cm³/mol. The molecule has 4 rings (SSSR count). The second kappa shape index (κ2) is 7.78. The van der Waals surface area contributed by atoms with Gasteiger partial charge >= 0.3 is 0 Å². The number of carbonyl (C=O) groups excluding carboxylic acids is 1. The van der Waals surface area contributed by atoms with E-state index >= 15 is 0 Å². The summed E-state index contributed by atoms with van der Waals surface area (Å²) in [4.78, 5) is 28.4. The number of rotatable bonds is 5. The number of hydrogen-bond acceptors (Lipinski definition) is 6. The van der Waals surface area contributed by atoms with Crippen LogP contribution in [0.2, 0.25) is 0 Å². The Balaban J connectivity index is 1.60. The van der Waals surface area contributed by atoms with Crippen molar-refractivity contribution in [2.75, 3.05) is 31.1 Å². The lowest BCUT2D eigenvalue weighted by molar-refractivity contribution is 0.0857. The Labute approximate surface area is 152 Å². The molecule has 0 aliphatic carbocycles. The fourth-order valence-electron chi connectivity index (χ4n) is 3.41. The fourth-order valence-corrected chi connectivity index (χ4v) is 3.41. The van der Waals surface area contributed by atoms with Crippen molar-refractivity contribution in [3.05, 3.63) is 36.2 Å². The van der Waals surface area contributed by atoms with E-state index in [2.05, 4.69) is 25.2 Å². The van der Waals surface area contributed by atoms with Gasteiger partial charge in [-0.05, 0) is 37.8 Å². The van der Waals surface area contributed by atoms with Crippen LogP contribution in [-0.2, 0) is 4.74 Å². The molecule has 0 spiro atoms. The molecule has 136 valence electrons. The van der Waals surface area contributed by atoms with Crippen LogP contribution in [0.1, 0.15) is 36.0 Å².